The Labute approximate surface area is 201 Å². The highest BCUT2D eigenvalue weighted by molar-refractivity contribution is 5.85. The third-order valence-electron chi connectivity index (χ3n) is 5.97. The van der Waals surface area contributed by atoms with Gasteiger partial charge in [-0.3, -0.25) is 4.98 Å². The molecule has 1 aliphatic rings. The van der Waals surface area contributed by atoms with Crippen LogP contribution in [0.15, 0.2) is 140 Å². The fourth-order valence-corrected chi connectivity index (χ4v) is 4.37. The molecule has 1 aromatic heterocycles. The van der Waals surface area contributed by atoms with Crippen LogP contribution in [0, 0.1) is 0 Å². The van der Waals surface area contributed by atoms with Gasteiger partial charge in [0.1, 0.15) is 0 Å². The van der Waals surface area contributed by atoms with E-state index in [9.17, 15) is 0 Å². The van der Waals surface area contributed by atoms with Crippen molar-refractivity contribution in [3.63, 3.8) is 0 Å². The van der Waals surface area contributed by atoms with Crippen molar-refractivity contribution < 1.29 is 0 Å². The summed E-state index contributed by atoms with van der Waals surface area (Å²) in [7, 11) is 0. The minimum Gasteiger partial charge on any atom is -0.369 e. The van der Waals surface area contributed by atoms with Crippen LogP contribution in [0.3, 0.4) is 0 Å². The number of aliphatic imine (C=N–C) groups is 1. The predicted octanol–water partition coefficient (Wildman–Crippen LogP) is 6.14. The average Bonchev–Trinajstić information content (AvgIpc) is 3.17. The molecule has 0 spiro atoms. The van der Waals surface area contributed by atoms with E-state index in [1.807, 2.05) is 65.8 Å². The Morgan fingerprint density at radius 3 is 1.91 bits per heavy atom. The van der Waals surface area contributed by atoms with E-state index in [0.717, 1.165) is 33.5 Å². The molecule has 0 saturated carbocycles. The monoisotopic (exact) mass is 444 g/mol. The lowest BCUT2D eigenvalue weighted by molar-refractivity contribution is 0.466. The van der Waals surface area contributed by atoms with Crippen molar-refractivity contribution in [3.8, 4) is 11.1 Å². The SMILES string of the molecule is C=C.C=C1N(Cc2cccc(-c3ccncc3)c2)C(N)=NC1(c1ccccc1)c1ccccc1. The van der Waals surface area contributed by atoms with Gasteiger partial charge in [-0.1, -0.05) is 85.4 Å². The molecule has 0 atom stereocenters. The zero-order chi connectivity index (χ0) is 24.0. The zero-order valence-corrected chi connectivity index (χ0v) is 19.1. The smallest absolute Gasteiger partial charge is 0.197 e. The summed E-state index contributed by atoms with van der Waals surface area (Å²) in [6.45, 7) is 11.1. The van der Waals surface area contributed by atoms with Crippen LogP contribution >= 0.6 is 0 Å². The van der Waals surface area contributed by atoms with E-state index in [1.165, 1.54) is 0 Å². The minimum atomic E-state index is -0.741. The summed E-state index contributed by atoms with van der Waals surface area (Å²) in [6.07, 6.45) is 3.62. The highest BCUT2D eigenvalue weighted by Gasteiger charge is 2.45. The Morgan fingerprint density at radius 2 is 1.32 bits per heavy atom. The Balaban J connectivity index is 0.00000133. The number of nitrogens with two attached hydrogens (primary N) is 1. The van der Waals surface area contributed by atoms with Gasteiger partial charge in [-0.15, -0.1) is 13.2 Å². The van der Waals surface area contributed by atoms with Gasteiger partial charge in [-0.2, -0.15) is 0 Å². The number of pyridine rings is 1. The van der Waals surface area contributed by atoms with E-state index in [0.29, 0.717) is 12.5 Å². The summed E-state index contributed by atoms with van der Waals surface area (Å²) >= 11 is 0. The number of nitrogens with zero attached hydrogens (tertiary/aromatic N) is 3. The molecule has 0 bridgehead atoms. The lowest BCUT2D eigenvalue weighted by Crippen LogP contribution is -2.34. The molecule has 4 aromatic rings. The lowest BCUT2D eigenvalue weighted by atomic mass is 9.81. The Kier molecular flexibility index (Phi) is 6.69. The van der Waals surface area contributed by atoms with Gasteiger partial charge in [-0.05, 0) is 46.0 Å². The van der Waals surface area contributed by atoms with Crippen molar-refractivity contribution in [3.05, 3.63) is 152 Å². The maximum absolute atomic E-state index is 6.52. The van der Waals surface area contributed by atoms with Gasteiger partial charge < -0.3 is 10.6 Å². The highest BCUT2D eigenvalue weighted by atomic mass is 15.3. The van der Waals surface area contributed by atoms with Gasteiger partial charge in [-0.25, -0.2) is 4.99 Å². The van der Waals surface area contributed by atoms with Crippen molar-refractivity contribution in [1.82, 2.24) is 9.88 Å². The predicted molar refractivity (Wildman–Crippen MR) is 141 cm³/mol. The maximum atomic E-state index is 6.52. The van der Waals surface area contributed by atoms with Gasteiger partial charge >= 0.3 is 0 Å². The Morgan fingerprint density at radius 1 is 0.735 bits per heavy atom. The Bertz CT molecular complexity index is 1240. The van der Waals surface area contributed by atoms with E-state index in [4.69, 9.17) is 10.7 Å². The second-order valence-electron chi connectivity index (χ2n) is 7.88. The molecule has 0 aliphatic carbocycles. The summed E-state index contributed by atoms with van der Waals surface area (Å²) in [6, 6.07) is 33.0. The van der Waals surface area contributed by atoms with E-state index in [2.05, 4.69) is 73.3 Å². The van der Waals surface area contributed by atoms with Gasteiger partial charge in [0.25, 0.3) is 0 Å². The molecule has 0 saturated heterocycles. The lowest BCUT2D eigenvalue weighted by Gasteiger charge is -2.31. The molecule has 2 N–H and O–H groups in total. The summed E-state index contributed by atoms with van der Waals surface area (Å²) < 4.78 is 0. The van der Waals surface area contributed by atoms with Crippen molar-refractivity contribution in [2.45, 2.75) is 12.1 Å². The molecule has 168 valence electrons. The Hall–Kier alpha value is -4.44. The van der Waals surface area contributed by atoms with E-state index in [-0.39, 0.29) is 0 Å². The summed E-state index contributed by atoms with van der Waals surface area (Å²) in [5, 5.41) is 0. The number of guanidine groups is 1. The van der Waals surface area contributed by atoms with Gasteiger partial charge in [0.15, 0.2) is 11.5 Å². The van der Waals surface area contributed by atoms with Crippen LogP contribution in [0.2, 0.25) is 0 Å². The fraction of sp³-hybridized carbons (Fsp3) is 0.0667. The minimum absolute atomic E-state index is 0.469. The number of aromatic nitrogens is 1. The summed E-state index contributed by atoms with van der Waals surface area (Å²) in [4.78, 5) is 11.1. The molecular weight excluding hydrogens is 416 g/mol. The van der Waals surface area contributed by atoms with Gasteiger partial charge in [0.2, 0.25) is 0 Å². The van der Waals surface area contributed by atoms with Crippen LogP contribution in [0.5, 0.6) is 0 Å². The van der Waals surface area contributed by atoms with Crippen molar-refractivity contribution >= 4 is 5.96 Å². The molecule has 3 aromatic carbocycles. The first-order valence-electron chi connectivity index (χ1n) is 11.1. The molecule has 5 rings (SSSR count). The largest absolute Gasteiger partial charge is 0.369 e. The van der Waals surface area contributed by atoms with E-state index < -0.39 is 5.54 Å². The molecule has 0 fully saturated rings. The quantitative estimate of drug-likeness (QED) is 0.376. The number of hydrogen-bond acceptors (Lipinski definition) is 4. The van der Waals surface area contributed by atoms with Crippen molar-refractivity contribution in [1.29, 1.82) is 0 Å². The van der Waals surface area contributed by atoms with Crippen LogP contribution in [-0.2, 0) is 12.1 Å². The molecular formula is C30H28N4. The molecule has 1 aliphatic heterocycles. The third-order valence-corrected chi connectivity index (χ3v) is 5.97. The molecule has 2 heterocycles. The van der Waals surface area contributed by atoms with Crippen LogP contribution in [0.4, 0.5) is 0 Å². The number of benzene rings is 3. The van der Waals surface area contributed by atoms with Gasteiger partial charge in [0.05, 0.1) is 12.2 Å². The van der Waals surface area contributed by atoms with Crippen molar-refractivity contribution in [2.24, 2.45) is 10.7 Å². The van der Waals surface area contributed by atoms with E-state index in [1.54, 1.807) is 0 Å². The normalized spacial score (nSPS) is 14.2. The van der Waals surface area contributed by atoms with Crippen LogP contribution in [-0.4, -0.2) is 15.8 Å². The topological polar surface area (TPSA) is 54.5 Å². The van der Waals surface area contributed by atoms with Crippen LogP contribution in [0.25, 0.3) is 11.1 Å². The first-order valence-corrected chi connectivity index (χ1v) is 11.1. The van der Waals surface area contributed by atoms with E-state index >= 15 is 0 Å². The molecule has 0 radical (unpaired) electrons. The first-order chi connectivity index (χ1) is 16.7. The molecule has 0 amide bonds. The average molecular weight is 445 g/mol. The number of rotatable bonds is 5. The second-order valence-corrected chi connectivity index (χ2v) is 7.88. The molecule has 34 heavy (non-hydrogen) atoms. The fourth-order valence-electron chi connectivity index (χ4n) is 4.37. The summed E-state index contributed by atoms with van der Waals surface area (Å²) in [5.74, 6) is 0.469. The van der Waals surface area contributed by atoms with Crippen LogP contribution in [0.1, 0.15) is 16.7 Å². The van der Waals surface area contributed by atoms with Crippen LogP contribution < -0.4 is 5.73 Å². The van der Waals surface area contributed by atoms with Gasteiger partial charge in [0, 0.05) is 12.4 Å². The standard InChI is InChI=1S/C28H24N4.C2H4/c1-21-28(25-11-4-2-5-12-25,26-13-6-3-7-14-26)31-27(29)32(21)20-22-9-8-10-24(19-22)23-15-17-30-18-16-23;1-2/h2-19H,1,20H2,(H2,29,31);1-2H2. The molecule has 0 unspecified atom stereocenters. The van der Waals surface area contributed by atoms with Crippen molar-refractivity contribution in [2.75, 3.05) is 0 Å². The third kappa shape index (κ3) is 4.14. The zero-order valence-electron chi connectivity index (χ0n) is 19.1. The second kappa shape index (κ2) is 10.0. The highest BCUT2D eigenvalue weighted by Crippen LogP contribution is 2.45. The number of hydrogen-bond donors (Lipinski definition) is 1. The first kappa shape index (κ1) is 22.7. The molecule has 4 heteroatoms. The molecule has 4 nitrogen and oxygen atoms in total. The maximum Gasteiger partial charge on any atom is 0.197 e. The summed E-state index contributed by atoms with van der Waals surface area (Å²) in [5.41, 5.74) is 12.1.